The van der Waals surface area contributed by atoms with Crippen LogP contribution in [0.2, 0.25) is 0 Å². The van der Waals surface area contributed by atoms with Crippen LogP contribution in [-0.4, -0.2) is 11.3 Å². The fourth-order valence-electron chi connectivity index (χ4n) is 4.18. The second kappa shape index (κ2) is 8.94. The van der Waals surface area contributed by atoms with Crippen molar-refractivity contribution in [1.29, 1.82) is 0 Å². The lowest BCUT2D eigenvalue weighted by Crippen LogP contribution is -2.21. The van der Waals surface area contributed by atoms with Gasteiger partial charge in [0.15, 0.2) is 0 Å². The first-order valence-corrected chi connectivity index (χ1v) is 10.4. The molecule has 1 aromatic rings. The molecule has 2 aliphatic rings. The standard InChI is InChI=1S/C19H29P.CH4/c1-4-10-17(11-5-1)16-20(18-12-6-2-7-13-18)19-14-8-3-9-15-19;/h1,4-5,10-11,18-19H,2-3,6-9,12-16H2;1H4. The Bertz CT molecular complexity index is 356. The largest absolute Gasteiger partial charge is 0.0958 e. The molecule has 0 aromatic heterocycles. The molecule has 21 heavy (non-hydrogen) atoms. The zero-order valence-corrected chi connectivity index (χ0v) is 13.7. The molecule has 0 atom stereocenters. The smallest absolute Gasteiger partial charge is 0.00681 e. The van der Waals surface area contributed by atoms with Crippen molar-refractivity contribution in [3.63, 3.8) is 0 Å². The van der Waals surface area contributed by atoms with Crippen molar-refractivity contribution in [2.24, 2.45) is 0 Å². The summed E-state index contributed by atoms with van der Waals surface area (Å²) in [6, 6.07) is 11.3. The molecule has 2 aliphatic carbocycles. The van der Waals surface area contributed by atoms with Crippen molar-refractivity contribution in [3.8, 4) is 0 Å². The molecule has 118 valence electrons. The molecule has 0 bridgehead atoms. The minimum atomic E-state index is 0. The highest BCUT2D eigenvalue weighted by Crippen LogP contribution is 2.57. The quantitative estimate of drug-likeness (QED) is 0.527. The van der Waals surface area contributed by atoms with Crippen LogP contribution in [-0.2, 0) is 6.16 Å². The van der Waals surface area contributed by atoms with Crippen molar-refractivity contribution in [1.82, 2.24) is 0 Å². The van der Waals surface area contributed by atoms with Crippen LogP contribution in [0.1, 0.15) is 77.2 Å². The molecule has 0 aliphatic heterocycles. The summed E-state index contributed by atoms with van der Waals surface area (Å²) in [4.78, 5) is 0. The predicted octanol–water partition coefficient (Wildman–Crippen LogP) is 6.97. The van der Waals surface area contributed by atoms with Crippen LogP contribution in [0.3, 0.4) is 0 Å². The third-order valence-electron chi connectivity index (χ3n) is 5.30. The summed E-state index contributed by atoms with van der Waals surface area (Å²) in [5.74, 6) is 0. The van der Waals surface area contributed by atoms with E-state index in [1.165, 1.54) is 70.4 Å². The maximum atomic E-state index is 2.36. The van der Waals surface area contributed by atoms with Crippen molar-refractivity contribution < 1.29 is 0 Å². The Morgan fingerprint density at radius 1 is 0.714 bits per heavy atom. The number of hydrogen-bond acceptors (Lipinski definition) is 0. The van der Waals surface area contributed by atoms with Gasteiger partial charge in [-0.25, -0.2) is 0 Å². The van der Waals surface area contributed by atoms with E-state index < -0.39 is 0 Å². The van der Waals surface area contributed by atoms with Crippen molar-refractivity contribution in [2.45, 2.75) is 89.1 Å². The highest BCUT2D eigenvalue weighted by Gasteiger charge is 2.30. The van der Waals surface area contributed by atoms with Gasteiger partial charge < -0.3 is 0 Å². The highest BCUT2D eigenvalue weighted by atomic mass is 31.1. The van der Waals surface area contributed by atoms with Crippen LogP contribution < -0.4 is 0 Å². The Labute approximate surface area is 133 Å². The van der Waals surface area contributed by atoms with E-state index >= 15 is 0 Å². The van der Waals surface area contributed by atoms with Gasteiger partial charge in [0.2, 0.25) is 0 Å². The van der Waals surface area contributed by atoms with Gasteiger partial charge in [0.05, 0.1) is 0 Å². The Morgan fingerprint density at radius 3 is 1.67 bits per heavy atom. The fourth-order valence-corrected chi connectivity index (χ4v) is 7.98. The van der Waals surface area contributed by atoms with Crippen LogP contribution in [0, 0.1) is 0 Å². The summed E-state index contributed by atoms with van der Waals surface area (Å²) in [5, 5.41) is 0. The van der Waals surface area contributed by atoms with E-state index in [2.05, 4.69) is 30.3 Å². The number of benzene rings is 1. The van der Waals surface area contributed by atoms with Crippen LogP contribution in [0.5, 0.6) is 0 Å². The first-order valence-electron chi connectivity index (χ1n) is 8.73. The summed E-state index contributed by atoms with van der Waals surface area (Å²) in [6.45, 7) is 0. The van der Waals surface area contributed by atoms with Gasteiger partial charge in [0.25, 0.3) is 0 Å². The molecule has 0 spiro atoms. The minimum Gasteiger partial charge on any atom is -0.0958 e. The Hall–Kier alpha value is -0.350. The van der Waals surface area contributed by atoms with Crippen LogP contribution in [0.15, 0.2) is 30.3 Å². The molecule has 2 fully saturated rings. The molecule has 0 heterocycles. The van der Waals surface area contributed by atoms with Crippen LogP contribution >= 0.6 is 7.92 Å². The lowest BCUT2D eigenvalue weighted by Gasteiger charge is -2.38. The molecular formula is C20H33P. The summed E-state index contributed by atoms with van der Waals surface area (Å²) >= 11 is 0. The maximum Gasteiger partial charge on any atom is -0.00681 e. The summed E-state index contributed by atoms with van der Waals surface area (Å²) in [7, 11) is 0.227. The van der Waals surface area contributed by atoms with Gasteiger partial charge in [0.1, 0.15) is 0 Å². The summed E-state index contributed by atoms with van der Waals surface area (Å²) in [5.41, 5.74) is 3.78. The van der Waals surface area contributed by atoms with Gasteiger partial charge in [0, 0.05) is 0 Å². The molecule has 0 unspecified atom stereocenters. The molecule has 0 radical (unpaired) electrons. The molecule has 1 aromatic carbocycles. The Balaban J connectivity index is 0.00000161. The lowest BCUT2D eigenvalue weighted by molar-refractivity contribution is 0.484. The van der Waals surface area contributed by atoms with Gasteiger partial charge in [-0.2, -0.15) is 0 Å². The van der Waals surface area contributed by atoms with Gasteiger partial charge in [-0.15, -0.1) is 0 Å². The number of hydrogen-bond donors (Lipinski definition) is 0. The van der Waals surface area contributed by atoms with E-state index in [-0.39, 0.29) is 15.3 Å². The Kier molecular flexibility index (Phi) is 7.24. The summed E-state index contributed by atoms with van der Waals surface area (Å²) < 4.78 is 0. The monoisotopic (exact) mass is 304 g/mol. The third-order valence-corrected chi connectivity index (χ3v) is 8.93. The van der Waals surface area contributed by atoms with Gasteiger partial charge >= 0.3 is 0 Å². The average molecular weight is 304 g/mol. The minimum absolute atomic E-state index is 0. The molecule has 2 saturated carbocycles. The first-order chi connectivity index (χ1) is 9.93. The van der Waals surface area contributed by atoms with Gasteiger partial charge in [-0.05, 0) is 48.7 Å². The Morgan fingerprint density at radius 2 is 1.19 bits per heavy atom. The molecule has 1 heteroatoms. The molecule has 0 amide bonds. The molecule has 3 rings (SSSR count). The molecule has 0 saturated heterocycles. The van der Waals surface area contributed by atoms with E-state index in [1.54, 1.807) is 5.56 Å². The second-order valence-corrected chi connectivity index (χ2v) is 9.55. The van der Waals surface area contributed by atoms with Crippen LogP contribution in [0.25, 0.3) is 0 Å². The SMILES string of the molecule is C.c1ccc(CP(C2CCCCC2)C2CCCCC2)cc1. The zero-order valence-electron chi connectivity index (χ0n) is 12.8. The van der Waals surface area contributed by atoms with E-state index in [4.69, 9.17) is 0 Å². The topological polar surface area (TPSA) is 0 Å². The fraction of sp³-hybridized carbons (Fsp3) is 0.700. The van der Waals surface area contributed by atoms with E-state index in [0.29, 0.717) is 0 Å². The van der Waals surface area contributed by atoms with E-state index in [0.717, 1.165) is 11.3 Å². The maximum absolute atomic E-state index is 2.36. The highest BCUT2D eigenvalue weighted by molar-refractivity contribution is 7.58. The summed E-state index contributed by atoms with van der Waals surface area (Å²) in [6.07, 6.45) is 16.6. The van der Waals surface area contributed by atoms with Crippen molar-refractivity contribution in [2.75, 3.05) is 0 Å². The van der Waals surface area contributed by atoms with Crippen molar-refractivity contribution in [3.05, 3.63) is 35.9 Å². The van der Waals surface area contributed by atoms with Crippen LogP contribution in [0.4, 0.5) is 0 Å². The molecular weight excluding hydrogens is 271 g/mol. The zero-order chi connectivity index (χ0) is 13.6. The predicted molar refractivity (Wildman–Crippen MR) is 97.5 cm³/mol. The van der Waals surface area contributed by atoms with E-state index in [9.17, 15) is 0 Å². The van der Waals surface area contributed by atoms with Gasteiger partial charge in [-0.1, -0.05) is 84.2 Å². The van der Waals surface area contributed by atoms with Gasteiger partial charge in [-0.3, -0.25) is 0 Å². The van der Waals surface area contributed by atoms with E-state index in [1.807, 2.05) is 0 Å². The molecule has 0 nitrogen and oxygen atoms in total. The number of rotatable bonds is 4. The average Bonchev–Trinajstić information content (AvgIpc) is 2.55. The van der Waals surface area contributed by atoms with Crippen molar-refractivity contribution >= 4 is 7.92 Å². The second-order valence-electron chi connectivity index (χ2n) is 6.74. The third kappa shape index (κ3) is 4.82. The lowest BCUT2D eigenvalue weighted by atomic mass is 9.99. The normalized spacial score (nSPS) is 21.2. The first kappa shape index (κ1) is 17.0. The molecule has 0 N–H and O–H groups in total.